The Hall–Kier alpha value is -2.88. The van der Waals surface area contributed by atoms with Crippen molar-refractivity contribution in [1.82, 2.24) is 9.47 Å². The van der Waals surface area contributed by atoms with Gasteiger partial charge in [-0.05, 0) is 54.5 Å². The van der Waals surface area contributed by atoms with Crippen LogP contribution in [0.15, 0.2) is 65.5 Å². The molecular weight excluding hydrogens is 324 g/mol. The number of likely N-dealkylation sites (tertiary alicyclic amines) is 1. The second kappa shape index (κ2) is 7.16. The van der Waals surface area contributed by atoms with Gasteiger partial charge in [-0.1, -0.05) is 30.3 Å². The summed E-state index contributed by atoms with van der Waals surface area (Å²) < 4.78 is 1.76. The van der Waals surface area contributed by atoms with Crippen molar-refractivity contribution >= 4 is 16.8 Å². The lowest BCUT2D eigenvalue weighted by atomic mass is 10.1. The van der Waals surface area contributed by atoms with Crippen molar-refractivity contribution in [1.29, 1.82) is 0 Å². The summed E-state index contributed by atoms with van der Waals surface area (Å²) in [5.74, 6) is 0.0943. The first-order valence-electron chi connectivity index (χ1n) is 9.19. The average Bonchev–Trinajstić information content (AvgIpc) is 2.70. The van der Waals surface area contributed by atoms with Gasteiger partial charge in [0.05, 0.1) is 12.1 Å². The Morgan fingerprint density at radius 1 is 0.885 bits per heavy atom. The van der Waals surface area contributed by atoms with Gasteiger partial charge in [-0.2, -0.15) is 0 Å². The van der Waals surface area contributed by atoms with E-state index in [4.69, 9.17) is 0 Å². The summed E-state index contributed by atoms with van der Waals surface area (Å²) in [5.41, 5.74) is 2.55. The molecule has 0 aliphatic carbocycles. The van der Waals surface area contributed by atoms with Crippen LogP contribution in [-0.2, 0) is 6.54 Å². The topological polar surface area (TPSA) is 42.3 Å². The van der Waals surface area contributed by atoms with Crippen molar-refractivity contribution in [3.63, 3.8) is 0 Å². The number of piperidine rings is 1. The van der Waals surface area contributed by atoms with Crippen molar-refractivity contribution < 1.29 is 4.79 Å². The molecule has 1 aromatic heterocycles. The highest BCUT2D eigenvalue weighted by molar-refractivity contribution is 5.94. The van der Waals surface area contributed by atoms with E-state index >= 15 is 0 Å². The Kier molecular flexibility index (Phi) is 4.57. The van der Waals surface area contributed by atoms with Gasteiger partial charge >= 0.3 is 0 Å². The van der Waals surface area contributed by atoms with Gasteiger partial charge in [-0.25, -0.2) is 0 Å². The summed E-state index contributed by atoms with van der Waals surface area (Å²) in [5, 5.41) is 1.03. The number of amides is 1. The number of carbonyl (C=O) groups excluding carboxylic acids is 1. The summed E-state index contributed by atoms with van der Waals surface area (Å²) in [6.45, 7) is 2.14. The van der Waals surface area contributed by atoms with Gasteiger partial charge in [0, 0.05) is 24.7 Å². The molecule has 0 saturated carbocycles. The van der Waals surface area contributed by atoms with E-state index < -0.39 is 0 Å². The third-order valence-corrected chi connectivity index (χ3v) is 5.06. The summed E-state index contributed by atoms with van der Waals surface area (Å²) >= 11 is 0. The first-order valence-corrected chi connectivity index (χ1v) is 9.19. The van der Waals surface area contributed by atoms with Crippen LogP contribution < -0.4 is 5.56 Å². The fourth-order valence-corrected chi connectivity index (χ4v) is 3.67. The second-order valence-corrected chi connectivity index (χ2v) is 6.87. The van der Waals surface area contributed by atoms with Crippen molar-refractivity contribution in [2.75, 3.05) is 13.1 Å². The number of hydrogen-bond donors (Lipinski definition) is 0. The minimum Gasteiger partial charge on any atom is -0.339 e. The van der Waals surface area contributed by atoms with Crippen molar-refractivity contribution in [2.45, 2.75) is 25.8 Å². The molecular formula is C22H22N2O2. The molecule has 1 aliphatic heterocycles. The Morgan fingerprint density at radius 2 is 1.69 bits per heavy atom. The SMILES string of the molecule is O=C(c1cccc(Cn2c(=O)ccc3ccccc32)c1)N1CCCCC1. The molecule has 4 rings (SSSR count). The van der Waals surface area contributed by atoms with Crippen molar-refractivity contribution in [2.24, 2.45) is 0 Å². The van der Waals surface area contributed by atoms with E-state index in [1.165, 1.54) is 6.42 Å². The van der Waals surface area contributed by atoms with E-state index in [9.17, 15) is 9.59 Å². The molecule has 2 aromatic carbocycles. The monoisotopic (exact) mass is 346 g/mol. The molecule has 4 nitrogen and oxygen atoms in total. The lowest BCUT2D eigenvalue weighted by Crippen LogP contribution is -2.35. The van der Waals surface area contributed by atoms with E-state index in [-0.39, 0.29) is 11.5 Å². The molecule has 0 atom stereocenters. The van der Waals surface area contributed by atoms with Crippen LogP contribution in [0.1, 0.15) is 35.2 Å². The van der Waals surface area contributed by atoms with Crippen molar-refractivity contribution in [3.8, 4) is 0 Å². The van der Waals surface area contributed by atoms with E-state index in [2.05, 4.69) is 0 Å². The van der Waals surface area contributed by atoms with E-state index in [0.29, 0.717) is 12.1 Å². The Balaban J connectivity index is 1.65. The van der Waals surface area contributed by atoms with Crippen LogP contribution >= 0.6 is 0 Å². The molecule has 132 valence electrons. The summed E-state index contributed by atoms with van der Waals surface area (Å²) in [6, 6.07) is 19.0. The number of nitrogens with zero attached hydrogens (tertiary/aromatic N) is 2. The van der Waals surface area contributed by atoms with Gasteiger partial charge < -0.3 is 9.47 Å². The van der Waals surface area contributed by atoms with Crippen LogP contribution in [0.5, 0.6) is 0 Å². The molecule has 0 unspecified atom stereocenters. The van der Waals surface area contributed by atoms with Crippen LogP contribution in [0.4, 0.5) is 0 Å². The molecule has 3 aromatic rings. The maximum atomic E-state index is 12.7. The van der Waals surface area contributed by atoms with Crippen LogP contribution in [-0.4, -0.2) is 28.5 Å². The van der Waals surface area contributed by atoms with E-state index in [1.807, 2.05) is 59.5 Å². The number of pyridine rings is 1. The zero-order chi connectivity index (χ0) is 17.9. The van der Waals surface area contributed by atoms with Gasteiger partial charge in [0.25, 0.3) is 11.5 Å². The normalized spacial score (nSPS) is 14.5. The van der Waals surface area contributed by atoms with Crippen molar-refractivity contribution in [3.05, 3.63) is 82.1 Å². The Morgan fingerprint density at radius 3 is 2.54 bits per heavy atom. The number of carbonyl (C=O) groups is 1. The minimum absolute atomic E-state index is 0.0311. The molecule has 1 saturated heterocycles. The number of benzene rings is 2. The molecule has 1 amide bonds. The highest BCUT2D eigenvalue weighted by atomic mass is 16.2. The lowest BCUT2D eigenvalue weighted by Gasteiger charge is -2.26. The number of aromatic nitrogens is 1. The Bertz CT molecular complexity index is 1000. The molecule has 0 N–H and O–H groups in total. The second-order valence-electron chi connectivity index (χ2n) is 6.87. The summed E-state index contributed by atoms with van der Waals surface area (Å²) in [6.07, 6.45) is 3.36. The third-order valence-electron chi connectivity index (χ3n) is 5.06. The predicted octanol–water partition coefficient (Wildman–Crippen LogP) is 3.68. The molecule has 0 spiro atoms. The molecule has 0 bridgehead atoms. The molecule has 1 fully saturated rings. The molecule has 1 aliphatic rings. The summed E-state index contributed by atoms with van der Waals surface area (Å²) in [7, 11) is 0. The van der Waals surface area contributed by atoms with Gasteiger partial charge in [-0.15, -0.1) is 0 Å². The number of para-hydroxylation sites is 1. The van der Waals surface area contributed by atoms with Gasteiger partial charge in [0.2, 0.25) is 0 Å². The number of rotatable bonds is 3. The first-order chi connectivity index (χ1) is 12.7. The van der Waals surface area contributed by atoms with E-state index in [0.717, 1.165) is 42.4 Å². The molecule has 4 heteroatoms. The third kappa shape index (κ3) is 3.27. The zero-order valence-electron chi connectivity index (χ0n) is 14.7. The van der Waals surface area contributed by atoms with Gasteiger partial charge in [0.1, 0.15) is 0 Å². The Labute approximate surface area is 152 Å². The predicted molar refractivity (Wildman–Crippen MR) is 104 cm³/mol. The smallest absolute Gasteiger partial charge is 0.253 e. The van der Waals surface area contributed by atoms with Crippen LogP contribution in [0.3, 0.4) is 0 Å². The fraction of sp³-hybridized carbons (Fsp3) is 0.273. The minimum atomic E-state index is -0.0311. The first kappa shape index (κ1) is 16.6. The molecule has 0 radical (unpaired) electrons. The van der Waals surface area contributed by atoms with Gasteiger partial charge in [0.15, 0.2) is 0 Å². The lowest BCUT2D eigenvalue weighted by molar-refractivity contribution is 0.0724. The maximum Gasteiger partial charge on any atom is 0.253 e. The largest absolute Gasteiger partial charge is 0.339 e. The fourth-order valence-electron chi connectivity index (χ4n) is 3.67. The van der Waals surface area contributed by atoms with Crippen LogP contribution in [0, 0.1) is 0 Å². The average molecular weight is 346 g/mol. The van der Waals surface area contributed by atoms with E-state index in [1.54, 1.807) is 10.6 Å². The summed E-state index contributed by atoms with van der Waals surface area (Å²) in [4.78, 5) is 27.1. The zero-order valence-corrected chi connectivity index (χ0v) is 14.7. The molecule has 26 heavy (non-hydrogen) atoms. The number of hydrogen-bond acceptors (Lipinski definition) is 2. The quantitative estimate of drug-likeness (QED) is 0.726. The maximum absolute atomic E-state index is 12.7. The number of fused-ring (bicyclic) bond motifs is 1. The van der Waals surface area contributed by atoms with Crippen LogP contribution in [0.2, 0.25) is 0 Å². The highest BCUT2D eigenvalue weighted by Gasteiger charge is 2.18. The standard InChI is InChI=1S/C22H22N2O2/c25-21-12-11-18-8-2-3-10-20(18)24(21)16-17-7-6-9-19(15-17)22(26)23-13-4-1-5-14-23/h2-3,6-12,15H,1,4-5,13-14,16H2. The highest BCUT2D eigenvalue weighted by Crippen LogP contribution is 2.16. The van der Waals surface area contributed by atoms with Gasteiger partial charge in [-0.3, -0.25) is 9.59 Å². The molecule has 2 heterocycles. The van der Waals surface area contributed by atoms with Crippen LogP contribution in [0.25, 0.3) is 10.9 Å².